The Labute approximate surface area is 128 Å². The van der Waals surface area contributed by atoms with E-state index in [1.807, 2.05) is 26.0 Å². The Morgan fingerprint density at radius 1 is 1.14 bits per heavy atom. The highest BCUT2D eigenvalue weighted by Crippen LogP contribution is 2.31. The Morgan fingerprint density at radius 3 is 2.10 bits per heavy atom. The Morgan fingerprint density at radius 2 is 1.67 bits per heavy atom. The van der Waals surface area contributed by atoms with E-state index in [1.165, 1.54) is 5.56 Å². The van der Waals surface area contributed by atoms with Crippen LogP contribution in [-0.2, 0) is 20.5 Å². The van der Waals surface area contributed by atoms with Gasteiger partial charge in [-0.15, -0.1) is 0 Å². The molecule has 0 aromatic heterocycles. The molecule has 3 nitrogen and oxygen atoms in total. The smallest absolute Gasteiger partial charge is 0.330 e. The third-order valence-electron chi connectivity index (χ3n) is 4.08. The Bertz CT molecular complexity index is 497. The highest BCUT2D eigenvalue weighted by Gasteiger charge is 2.41. The summed E-state index contributed by atoms with van der Waals surface area (Å²) in [6.45, 7) is 10.7. The third-order valence-corrected chi connectivity index (χ3v) is 4.08. The number of carbonyl (C=O) groups is 1. The molecule has 21 heavy (non-hydrogen) atoms. The summed E-state index contributed by atoms with van der Waals surface area (Å²) in [5, 5.41) is 3.45. The molecule has 0 aliphatic heterocycles. The highest BCUT2D eigenvalue weighted by molar-refractivity contribution is 5.82. The van der Waals surface area contributed by atoms with Crippen LogP contribution in [0.1, 0.15) is 58.6 Å². The first-order valence-corrected chi connectivity index (χ1v) is 7.83. The minimum Gasteiger partial charge on any atom is -0.464 e. The Hall–Kier alpha value is -1.35. The molecule has 1 N–H and O–H groups in total. The van der Waals surface area contributed by atoms with Crippen LogP contribution < -0.4 is 5.32 Å². The second-order valence-electron chi connectivity index (χ2n) is 7.09. The normalized spacial score (nSPS) is 18.1. The van der Waals surface area contributed by atoms with Crippen LogP contribution in [0.15, 0.2) is 24.3 Å². The molecular formula is C18H27NO2. The van der Waals surface area contributed by atoms with E-state index in [2.05, 4.69) is 38.2 Å². The Kier molecular flexibility index (Phi) is 4.43. The zero-order chi connectivity index (χ0) is 15.7. The molecule has 3 heteroatoms. The van der Waals surface area contributed by atoms with Crippen molar-refractivity contribution in [2.24, 2.45) is 0 Å². The molecule has 116 valence electrons. The molecular weight excluding hydrogens is 262 g/mol. The molecule has 1 atom stereocenters. The van der Waals surface area contributed by atoms with E-state index in [0.29, 0.717) is 12.6 Å². The lowest BCUT2D eigenvalue weighted by molar-refractivity contribution is -0.151. The zero-order valence-electron chi connectivity index (χ0n) is 13.8. The van der Waals surface area contributed by atoms with Gasteiger partial charge in [-0.05, 0) is 43.2 Å². The number of rotatable bonds is 5. The predicted octanol–water partition coefficient (Wildman–Crippen LogP) is 3.51. The molecule has 1 saturated carbocycles. The van der Waals surface area contributed by atoms with E-state index in [9.17, 15) is 4.79 Å². The maximum absolute atomic E-state index is 12.4. The molecule has 0 radical (unpaired) electrons. The van der Waals surface area contributed by atoms with Gasteiger partial charge in [0.1, 0.15) is 5.54 Å². The molecule has 2 rings (SSSR count). The number of benzene rings is 1. The fourth-order valence-corrected chi connectivity index (χ4v) is 2.48. The van der Waals surface area contributed by atoms with Crippen LogP contribution in [-0.4, -0.2) is 18.6 Å². The second-order valence-corrected chi connectivity index (χ2v) is 7.09. The molecule has 1 aromatic carbocycles. The van der Waals surface area contributed by atoms with Gasteiger partial charge in [0.15, 0.2) is 0 Å². The second kappa shape index (κ2) is 5.80. The topological polar surface area (TPSA) is 38.3 Å². The molecule has 1 aromatic rings. The van der Waals surface area contributed by atoms with Crippen molar-refractivity contribution in [2.45, 2.75) is 64.5 Å². The van der Waals surface area contributed by atoms with Crippen LogP contribution >= 0.6 is 0 Å². The maximum atomic E-state index is 12.4. The van der Waals surface area contributed by atoms with Crippen molar-refractivity contribution in [2.75, 3.05) is 6.61 Å². The lowest BCUT2D eigenvalue weighted by Gasteiger charge is -2.30. The van der Waals surface area contributed by atoms with Crippen LogP contribution in [0.25, 0.3) is 0 Å². The largest absolute Gasteiger partial charge is 0.464 e. The van der Waals surface area contributed by atoms with E-state index < -0.39 is 5.54 Å². The van der Waals surface area contributed by atoms with Crippen molar-refractivity contribution in [3.05, 3.63) is 35.4 Å². The molecule has 0 amide bonds. The van der Waals surface area contributed by atoms with Crippen LogP contribution in [0.5, 0.6) is 0 Å². The molecule has 0 bridgehead atoms. The SMILES string of the molecule is CCOC(=O)C(C)(NC1CC1)c1ccc(C(C)(C)C)cc1. The highest BCUT2D eigenvalue weighted by atomic mass is 16.5. The van der Waals surface area contributed by atoms with Crippen LogP contribution in [0, 0.1) is 0 Å². The van der Waals surface area contributed by atoms with Gasteiger partial charge in [-0.1, -0.05) is 45.0 Å². The summed E-state index contributed by atoms with van der Waals surface area (Å²) in [4.78, 5) is 12.4. The van der Waals surface area contributed by atoms with Gasteiger partial charge in [0, 0.05) is 6.04 Å². The van der Waals surface area contributed by atoms with E-state index in [4.69, 9.17) is 4.74 Å². The first-order valence-electron chi connectivity index (χ1n) is 7.83. The molecule has 0 heterocycles. The van der Waals surface area contributed by atoms with Crippen LogP contribution in [0.2, 0.25) is 0 Å². The summed E-state index contributed by atoms with van der Waals surface area (Å²) < 4.78 is 5.29. The number of carbonyl (C=O) groups excluding carboxylic acids is 1. The van der Waals surface area contributed by atoms with Gasteiger partial charge in [-0.25, -0.2) is 4.79 Å². The van der Waals surface area contributed by atoms with Crippen molar-refractivity contribution in [1.82, 2.24) is 5.32 Å². The summed E-state index contributed by atoms with van der Waals surface area (Å²) >= 11 is 0. The van der Waals surface area contributed by atoms with Crippen molar-refractivity contribution < 1.29 is 9.53 Å². The number of hydrogen-bond acceptors (Lipinski definition) is 3. The first-order chi connectivity index (χ1) is 9.77. The number of esters is 1. The van der Waals surface area contributed by atoms with Gasteiger partial charge in [0.05, 0.1) is 6.61 Å². The molecule has 1 unspecified atom stereocenters. The average molecular weight is 289 g/mol. The summed E-state index contributed by atoms with van der Waals surface area (Å²) in [7, 11) is 0. The van der Waals surface area contributed by atoms with Crippen molar-refractivity contribution in [1.29, 1.82) is 0 Å². The number of ether oxygens (including phenoxy) is 1. The van der Waals surface area contributed by atoms with E-state index >= 15 is 0 Å². The molecule has 1 aliphatic carbocycles. The maximum Gasteiger partial charge on any atom is 0.330 e. The van der Waals surface area contributed by atoms with Crippen LogP contribution in [0.4, 0.5) is 0 Å². The summed E-state index contributed by atoms with van der Waals surface area (Å²) in [6, 6.07) is 8.75. The minimum atomic E-state index is -0.756. The molecule has 0 spiro atoms. The fraction of sp³-hybridized carbons (Fsp3) is 0.611. The van der Waals surface area contributed by atoms with Crippen molar-refractivity contribution >= 4 is 5.97 Å². The third kappa shape index (κ3) is 3.65. The van der Waals surface area contributed by atoms with E-state index in [0.717, 1.165) is 18.4 Å². The average Bonchev–Trinajstić information content (AvgIpc) is 3.22. The van der Waals surface area contributed by atoms with Gasteiger partial charge >= 0.3 is 5.97 Å². The van der Waals surface area contributed by atoms with Crippen molar-refractivity contribution in [3.8, 4) is 0 Å². The van der Waals surface area contributed by atoms with E-state index in [-0.39, 0.29) is 11.4 Å². The minimum absolute atomic E-state index is 0.114. The molecule has 1 fully saturated rings. The van der Waals surface area contributed by atoms with E-state index in [1.54, 1.807) is 0 Å². The molecule has 0 saturated heterocycles. The van der Waals surface area contributed by atoms with Gasteiger partial charge in [0.2, 0.25) is 0 Å². The van der Waals surface area contributed by atoms with Crippen LogP contribution in [0.3, 0.4) is 0 Å². The quantitative estimate of drug-likeness (QED) is 0.843. The lowest BCUT2D eigenvalue weighted by Crippen LogP contribution is -2.48. The standard InChI is InChI=1S/C18H27NO2/c1-6-21-16(20)18(5,19-15-11-12-15)14-9-7-13(8-10-14)17(2,3)4/h7-10,15,19H,6,11-12H2,1-5H3. The Balaban J connectivity index is 2.29. The summed E-state index contributed by atoms with van der Waals surface area (Å²) in [6.07, 6.45) is 2.27. The van der Waals surface area contributed by atoms with Gasteiger partial charge in [-0.3, -0.25) is 5.32 Å². The summed E-state index contributed by atoms with van der Waals surface area (Å²) in [5.41, 5.74) is 1.60. The fourth-order valence-electron chi connectivity index (χ4n) is 2.48. The monoisotopic (exact) mass is 289 g/mol. The number of hydrogen-bond donors (Lipinski definition) is 1. The molecule has 1 aliphatic rings. The van der Waals surface area contributed by atoms with Gasteiger partial charge < -0.3 is 4.74 Å². The van der Waals surface area contributed by atoms with Crippen molar-refractivity contribution in [3.63, 3.8) is 0 Å². The number of nitrogens with one attached hydrogen (secondary N) is 1. The van der Waals surface area contributed by atoms with Gasteiger partial charge in [0.25, 0.3) is 0 Å². The predicted molar refractivity (Wildman–Crippen MR) is 85.3 cm³/mol. The lowest BCUT2D eigenvalue weighted by atomic mass is 9.84. The first kappa shape index (κ1) is 16.0. The summed E-state index contributed by atoms with van der Waals surface area (Å²) in [5.74, 6) is -0.194. The van der Waals surface area contributed by atoms with Gasteiger partial charge in [-0.2, -0.15) is 0 Å². The zero-order valence-corrected chi connectivity index (χ0v) is 13.8.